The number of rotatable bonds is 7. The minimum atomic E-state index is -3.48. The van der Waals surface area contributed by atoms with Gasteiger partial charge in [0.25, 0.3) is 0 Å². The summed E-state index contributed by atoms with van der Waals surface area (Å²) < 4.78 is 28.9. The summed E-state index contributed by atoms with van der Waals surface area (Å²) in [5.74, 6) is 0.563. The molecule has 0 aliphatic carbocycles. The van der Waals surface area contributed by atoms with E-state index in [1.165, 1.54) is 4.31 Å². The third kappa shape index (κ3) is 4.15. The van der Waals surface area contributed by atoms with E-state index < -0.39 is 10.0 Å². The number of aryl methyl sites for hydroxylation is 2. The van der Waals surface area contributed by atoms with Crippen LogP contribution in [0.2, 0.25) is 0 Å². The smallest absolute Gasteiger partial charge is 0.243 e. The van der Waals surface area contributed by atoms with Crippen LogP contribution in [-0.2, 0) is 28.3 Å². The van der Waals surface area contributed by atoms with Crippen molar-refractivity contribution in [1.82, 2.24) is 19.2 Å². The van der Waals surface area contributed by atoms with Crippen LogP contribution in [0.25, 0.3) is 11.0 Å². The Morgan fingerprint density at radius 2 is 2.04 bits per heavy atom. The predicted molar refractivity (Wildman–Crippen MR) is 102 cm³/mol. The number of carbonyl (C=O) groups is 1. The number of benzene rings is 1. The minimum absolute atomic E-state index is 0.105. The second-order valence-corrected chi connectivity index (χ2v) is 8.94. The maximum absolute atomic E-state index is 12.7. The fourth-order valence-electron chi connectivity index (χ4n) is 3.31. The van der Waals surface area contributed by atoms with E-state index in [1.54, 1.807) is 25.1 Å². The third-order valence-corrected chi connectivity index (χ3v) is 6.80. The SMILES string of the molecule is C[C@H](CO)NC(=O)CCc1nc2cc(S(=O)(=O)N3CCCC3)ccc2n1C. The Morgan fingerprint density at radius 1 is 1.33 bits per heavy atom. The molecule has 1 aliphatic heterocycles. The van der Waals surface area contributed by atoms with Crippen molar-refractivity contribution in [3.63, 3.8) is 0 Å². The number of amides is 1. The highest BCUT2D eigenvalue weighted by molar-refractivity contribution is 7.89. The molecule has 8 nitrogen and oxygen atoms in total. The number of imidazole rings is 1. The summed E-state index contributed by atoms with van der Waals surface area (Å²) in [6.07, 6.45) is 2.47. The summed E-state index contributed by atoms with van der Waals surface area (Å²) in [6.45, 7) is 2.76. The fraction of sp³-hybridized carbons (Fsp3) is 0.556. The summed E-state index contributed by atoms with van der Waals surface area (Å²) in [5.41, 5.74) is 1.44. The lowest BCUT2D eigenvalue weighted by atomic mass is 10.2. The Morgan fingerprint density at radius 3 is 2.70 bits per heavy atom. The van der Waals surface area contributed by atoms with Gasteiger partial charge in [-0.05, 0) is 38.0 Å². The van der Waals surface area contributed by atoms with E-state index in [9.17, 15) is 13.2 Å². The average molecular weight is 394 g/mol. The number of carbonyl (C=O) groups excluding carboxylic acids is 1. The first-order valence-electron chi connectivity index (χ1n) is 9.18. The molecule has 1 atom stereocenters. The highest BCUT2D eigenvalue weighted by Gasteiger charge is 2.27. The molecule has 0 unspecified atom stereocenters. The number of hydrogen-bond donors (Lipinski definition) is 2. The molecule has 1 aromatic carbocycles. The number of aromatic nitrogens is 2. The molecule has 0 radical (unpaired) electrons. The number of aliphatic hydroxyl groups excluding tert-OH is 1. The van der Waals surface area contributed by atoms with Gasteiger partial charge >= 0.3 is 0 Å². The van der Waals surface area contributed by atoms with Gasteiger partial charge in [-0.25, -0.2) is 13.4 Å². The van der Waals surface area contributed by atoms with Crippen LogP contribution in [0.3, 0.4) is 0 Å². The summed E-state index contributed by atoms with van der Waals surface area (Å²) in [4.78, 5) is 16.7. The van der Waals surface area contributed by atoms with E-state index in [1.807, 2.05) is 11.6 Å². The normalized spacial score (nSPS) is 16.7. The van der Waals surface area contributed by atoms with Crippen LogP contribution in [0.15, 0.2) is 23.1 Å². The van der Waals surface area contributed by atoms with Crippen molar-refractivity contribution in [1.29, 1.82) is 0 Å². The van der Waals surface area contributed by atoms with Crippen LogP contribution in [0, 0.1) is 0 Å². The van der Waals surface area contributed by atoms with Crippen LogP contribution in [0.4, 0.5) is 0 Å². The molecule has 0 saturated carbocycles. The third-order valence-electron chi connectivity index (χ3n) is 4.90. The number of nitrogens with zero attached hydrogens (tertiary/aromatic N) is 3. The molecule has 1 saturated heterocycles. The summed E-state index contributed by atoms with van der Waals surface area (Å²) in [6, 6.07) is 4.72. The Bertz CT molecular complexity index is 932. The molecule has 0 spiro atoms. The topological polar surface area (TPSA) is 105 Å². The van der Waals surface area contributed by atoms with Crippen molar-refractivity contribution in [2.24, 2.45) is 7.05 Å². The molecule has 1 amide bonds. The number of sulfonamides is 1. The van der Waals surface area contributed by atoms with Crippen LogP contribution < -0.4 is 5.32 Å². The predicted octanol–water partition coefficient (Wildman–Crippen LogP) is 0.787. The molecule has 2 aromatic rings. The number of hydrogen-bond acceptors (Lipinski definition) is 5. The van der Waals surface area contributed by atoms with Gasteiger partial charge in [-0.2, -0.15) is 4.31 Å². The van der Waals surface area contributed by atoms with Crippen molar-refractivity contribution in [3.05, 3.63) is 24.0 Å². The number of fused-ring (bicyclic) bond motifs is 1. The Labute approximate surface area is 159 Å². The van der Waals surface area contributed by atoms with E-state index in [0.717, 1.165) is 18.4 Å². The van der Waals surface area contributed by atoms with Crippen LogP contribution in [0.5, 0.6) is 0 Å². The molecular weight excluding hydrogens is 368 g/mol. The van der Waals surface area contributed by atoms with Gasteiger partial charge in [0.05, 0.1) is 22.5 Å². The Hall–Kier alpha value is -1.97. The maximum atomic E-state index is 12.7. The fourth-order valence-corrected chi connectivity index (χ4v) is 4.85. The van der Waals surface area contributed by atoms with Crippen molar-refractivity contribution in [3.8, 4) is 0 Å². The van der Waals surface area contributed by atoms with Crippen molar-refractivity contribution < 1.29 is 18.3 Å². The standard InChI is InChI=1S/C18H26N4O4S/c1-13(12-23)19-18(24)8-7-17-20-15-11-14(5-6-16(15)21(17)2)27(25,26)22-9-3-4-10-22/h5-6,11,13,23H,3-4,7-10,12H2,1-2H3,(H,19,24)/t13-/m1/s1. The lowest BCUT2D eigenvalue weighted by molar-refractivity contribution is -0.121. The molecular formula is C18H26N4O4S. The first-order chi connectivity index (χ1) is 12.8. The molecule has 1 aromatic heterocycles. The van der Waals surface area contributed by atoms with Crippen LogP contribution >= 0.6 is 0 Å². The molecule has 1 aliphatic rings. The zero-order valence-electron chi connectivity index (χ0n) is 15.7. The molecule has 27 heavy (non-hydrogen) atoms. The monoisotopic (exact) mass is 394 g/mol. The molecule has 2 heterocycles. The van der Waals surface area contributed by atoms with Crippen LogP contribution in [-0.4, -0.2) is 59.0 Å². The molecule has 0 bridgehead atoms. The molecule has 3 rings (SSSR count). The first kappa shape index (κ1) is 19.8. The lowest BCUT2D eigenvalue weighted by Gasteiger charge is -2.15. The minimum Gasteiger partial charge on any atom is -0.394 e. The van der Waals surface area contributed by atoms with E-state index in [0.29, 0.717) is 30.9 Å². The Balaban J connectivity index is 1.79. The van der Waals surface area contributed by atoms with Gasteiger partial charge in [0.2, 0.25) is 15.9 Å². The van der Waals surface area contributed by atoms with Gasteiger partial charge in [0.15, 0.2) is 0 Å². The van der Waals surface area contributed by atoms with E-state index in [-0.39, 0.29) is 29.9 Å². The van der Waals surface area contributed by atoms with Gasteiger partial charge < -0.3 is 15.0 Å². The summed E-state index contributed by atoms with van der Waals surface area (Å²) in [5, 5.41) is 11.7. The largest absolute Gasteiger partial charge is 0.394 e. The second kappa shape index (κ2) is 7.95. The lowest BCUT2D eigenvalue weighted by Crippen LogP contribution is -2.35. The van der Waals surface area contributed by atoms with E-state index in [2.05, 4.69) is 10.3 Å². The molecule has 148 valence electrons. The zero-order valence-corrected chi connectivity index (χ0v) is 16.5. The van der Waals surface area contributed by atoms with Crippen molar-refractivity contribution >= 4 is 27.0 Å². The number of aliphatic hydroxyl groups is 1. The summed E-state index contributed by atoms with van der Waals surface area (Å²) >= 11 is 0. The van der Waals surface area contributed by atoms with Gasteiger partial charge in [0, 0.05) is 39.0 Å². The first-order valence-corrected chi connectivity index (χ1v) is 10.6. The second-order valence-electron chi connectivity index (χ2n) is 7.00. The number of nitrogens with one attached hydrogen (secondary N) is 1. The van der Waals surface area contributed by atoms with Gasteiger partial charge in [-0.15, -0.1) is 0 Å². The highest BCUT2D eigenvalue weighted by atomic mass is 32.2. The molecule has 1 fully saturated rings. The van der Waals surface area contributed by atoms with Gasteiger partial charge in [-0.1, -0.05) is 0 Å². The van der Waals surface area contributed by atoms with Crippen molar-refractivity contribution in [2.75, 3.05) is 19.7 Å². The quantitative estimate of drug-likeness (QED) is 0.722. The van der Waals surface area contributed by atoms with Crippen molar-refractivity contribution in [2.45, 2.75) is 43.5 Å². The van der Waals surface area contributed by atoms with Gasteiger partial charge in [0.1, 0.15) is 5.82 Å². The van der Waals surface area contributed by atoms with Crippen LogP contribution in [0.1, 0.15) is 32.0 Å². The molecule has 2 N–H and O–H groups in total. The summed E-state index contributed by atoms with van der Waals surface area (Å²) in [7, 11) is -1.62. The Kier molecular flexibility index (Phi) is 5.83. The maximum Gasteiger partial charge on any atom is 0.243 e. The van der Waals surface area contributed by atoms with Gasteiger partial charge in [-0.3, -0.25) is 4.79 Å². The molecule has 9 heteroatoms. The van der Waals surface area contributed by atoms with E-state index >= 15 is 0 Å². The highest BCUT2D eigenvalue weighted by Crippen LogP contribution is 2.25. The average Bonchev–Trinajstić information content (AvgIpc) is 3.28. The van der Waals surface area contributed by atoms with E-state index in [4.69, 9.17) is 5.11 Å². The zero-order chi connectivity index (χ0) is 19.6.